The molecule has 7 nitrogen and oxygen atoms in total. The highest BCUT2D eigenvalue weighted by Gasteiger charge is 2.35. The third kappa shape index (κ3) is 4.24. The van der Waals surface area contributed by atoms with Crippen LogP contribution in [0.4, 0.5) is 0 Å². The lowest BCUT2D eigenvalue weighted by Crippen LogP contribution is -2.31. The van der Waals surface area contributed by atoms with E-state index in [2.05, 4.69) is 32.9 Å². The molecule has 2 bridgehead atoms. The van der Waals surface area contributed by atoms with Gasteiger partial charge in [0.05, 0.1) is 6.42 Å². The first kappa shape index (κ1) is 17.5. The van der Waals surface area contributed by atoms with E-state index in [4.69, 9.17) is 4.52 Å². The van der Waals surface area contributed by atoms with Gasteiger partial charge < -0.3 is 15.2 Å². The van der Waals surface area contributed by atoms with E-state index in [9.17, 15) is 9.59 Å². The number of nitrogens with zero attached hydrogens (tertiary/aromatic N) is 2. The Morgan fingerprint density at radius 1 is 1.11 bits per heavy atom. The van der Waals surface area contributed by atoms with Crippen molar-refractivity contribution in [1.82, 2.24) is 20.8 Å². The van der Waals surface area contributed by atoms with Crippen molar-refractivity contribution in [2.75, 3.05) is 6.54 Å². The van der Waals surface area contributed by atoms with E-state index in [0.29, 0.717) is 30.8 Å². The summed E-state index contributed by atoms with van der Waals surface area (Å²) in [7, 11) is 0. The zero-order chi connectivity index (χ0) is 18.6. The Kier molecular flexibility index (Phi) is 5.00. The number of carbonyl (C=O) groups excluding carboxylic acids is 2. The second-order valence-corrected chi connectivity index (χ2v) is 7.21. The third-order valence-electron chi connectivity index (χ3n) is 5.25. The minimum absolute atomic E-state index is 0.0270. The first-order valence-corrected chi connectivity index (χ1v) is 9.27. The summed E-state index contributed by atoms with van der Waals surface area (Å²) in [6.45, 7) is 1.04. The Balaban J connectivity index is 1.23. The highest BCUT2D eigenvalue weighted by molar-refractivity contribution is 5.89. The fourth-order valence-electron chi connectivity index (χ4n) is 3.85. The molecule has 140 valence electrons. The molecule has 0 saturated heterocycles. The van der Waals surface area contributed by atoms with E-state index in [1.807, 2.05) is 30.3 Å². The minimum atomic E-state index is -0.384. The van der Waals surface area contributed by atoms with Crippen LogP contribution in [0.3, 0.4) is 0 Å². The maximum Gasteiger partial charge on any atom is 0.315 e. The molecule has 1 aromatic heterocycles. The smallest absolute Gasteiger partial charge is 0.315 e. The van der Waals surface area contributed by atoms with E-state index in [1.54, 1.807) is 0 Å². The molecule has 2 aromatic rings. The van der Waals surface area contributed by atoms with Gasteiger partial charge in [0.2, 0.25) is 5.91 Å². The zero-order valence-corrected chi connectivity index (χ0v) is 14.9. The second-order valence-electron chi connectivity index (χ2n) is 7.21. The Morgan fingerprint density at radius 3 is 2.70 bits per heavy atom. The normalized spacial score (nSPS) is 22.7. The van der Waals surface area contributed by atoms with E-state index < -0.39 is 0 Å². The maximum atomic E-state index is 12.2. The number of nitrogens with one attached hydrogen (secondary N) is 2. The highest BCUT2D eigenvalue weighted by atomic mass is 16.5. The molecule has 3 atom stereocenters. The molecular weight excluding hydrogens is 344 g/mol. The van der Waals surface area contributed by atoms with Crippen molar-refractivity contribution in [1.29, 1.82) is 0 Å². The quantitative estimate of drug-likeness (QED) is 0.729. The molecule has 27 heavy (non-hydrogen) atoms. The van der Waals surface area contributed by atoms with Gasteiger partial charge in [0, 0.05) is 13.1 Å². The summed E-state index contributed by atoms with van der Waals surface area (Å²) in [6, 6.07) is 9.62. The number of rotatable bonds is 7. The molecular formula is C20H22N4O3. The summed E-state index contributed by atoms with van der Waals surface area (Å²) >= 11 is 0. The van der Waals surface area contributed by atoms with E-state index in [-0.39, 0.29) is 30.0 Å². The molecule has 1 fully saturated rings. The summed E-state index contributed by atoms with van der Waals surface area (Å²) in [4.78, 5) is 28.2. The zero-order valence-electron chi connectivity index (χ0n) is 14.9. The number of hydrogen-bond donors (Lipinski definition) is 2. The van der Waals surface area contributed by atoms with Crippen molar-refractivity contribution < 1.29 is 14.1 Å². The van der Waals surface area contributed by atoms with Crippen LogP contribution >= 0.6 is 0 Å². The highest BCUT2D eigenvalue weighted by Crippen LogP contribution is 2.42. The van der Waals surface area contributed by atoms with Gasteiger partial charge in [-0.15, -0.1) is 0 Å². The van der Waals surface area contributed by atoms with Crippen LogP contribution in [0.5, 0.6) is 0 Å². The van der Waals surface area contributed by atoms with Crippen LogP contribution in [0.25, 0.3) is 0 Å². The molecule has 2 amide bonds. The molecule has 0 aliphatic heterocycles. The largest absolute Gasteiger partial charge is 0.352 e. The fourth-order valence-corrected chi connectivity index (χ4v) is 3.85. The number of allylic oxidation sites excluding steroid dienone is 2. The van der Waals surface area contributed by atoms with Crippen LogP contribution in [0.2, 0.25) is 0 Å². The molecule has 0 unspecified atom stereocenters. The van der Waals surface area contributed by atoms with E-state index in [0.717, 1.165) is 12.0 Å². The Labute approximate surface area is 157 Å². The summed E-state index contributed by atoms with van der Waals surface area (Å²) in [6.07, 6.45) is 6.82. The van der Waals surface area contributed by atoms with Gasteiger partial charge in [0.15, 0.2) is 5.82 Å². The van der Waals surface area contributed by atoms with Crippen LogP contribution in [-0.4, -0.2) is 28.5 Å². The van der Waals surface area contributed by atoms with Crippen LogP contribution in [0, 0.1) is 17.8 Å². The fraction of sp³-hybridized carbons (Fsp3) is 0.400. The van der Waals surface area contributed by atoms with Crippen molar-refractivity contribution in [2.45, 2.75) is 25.8 Å². The molecule has 1 aromatic carbocycles. The van der Waals surface area contributed by atoms with Crippen LogP contribution in [0.15, 0.2) is 47.0 Å². The molecule has 4 rings (SSSR count). The van der Waals surface area contributed by atoms with Crippen LogP contribution in [-0.2, 0) is 17.8 Å². The lowest BCUT2D eigenvalue weighted by atomic mass is 9.94. The third-order valence-corrected chi connectivity index (χ3v) is 5.25. The van der Waals surface area contributed by atoms with E-state index in [1.165, 1.54) is 6.42 Å². The number of aromatic nitrogens is 2. The van der Waals surface area contributed by atoms with Gasteiger partial charge in [-0.1, -0.05) is 47.6 Å². The standard InChI is InChI=1S/C20H22N4O3/c25-18(21-11-13-4-2-1-3-5-13)10-17-23-20(27-24-17)19(26)22-12-16-9-14-6-7-15(16)8-14/h1-7,14-16H,8-12H2,(H,21,25)(H,22,26)/t14-,15+,16+/m1/s1. The molecule has 1 saturated carbocycles. The molecule has 2 aliphatic rings. The van der Waals surface area contributed by atoms with Crippen molar-refractivity contribution in [3.63, 3.8) is 0 Å². The number of carbonyl (C=O) groups is 2. The van der Waals surface area contributed by atoms with Gasteiger partial charge in [-0.25, -0.2) is 0 Å². The lowest BCUT2D eigenvalue weighted by Gasteiger charge is -2.17. The summed E-state index contributed by atoms with van der Waals surface area (Å²) in [5, 5.41) is 9.40. The van der Waals surface area contributed by atoms with Gasteiger partial charge in [-0.05, 0) is 36.2 Å². The monoisotopic (exact) mass is 366 g/mol. The van der Waals surface area contributed by atoms with Crippen LogP contribution in [0.1, 0.15) is 34.9 Å². The Bertz CT molecular complexity index is 846. The first-order chi connectivity index (χ1) is 13.2. The van der Waals surface area contributed by atoms with Crippen LogP contribution < -0.4 is 10.6 Å². The second kappa shape index (κ2) is 7.73. The number of benzene rings is 1. The molecule has 0 radical (unpaired) electrons. The van der Waals surface area contributed by atoms with Crippen molar-refractivity contribution in [3.05, 3.63) is 59.8 Å². The van der Waals surface area contributed by atoms with Gasteiger partial charge in [0.1, 0.15) is 0 Å². The summed E-state index contributed by atoms with van der Waals surface area (Å²) in [5.74, 6) is 1.22. The van der Waals surface area contributed by atoms with E-state index >= 15 is 0 Å². The Morgan fingerprint density at radius 2 is 1.96 bits per heavy atom. The molecule has 1 heterocycles. The van der Waals surface area contributed by atoms with Crippen molar-refractivity contribution in [3.8, 4) is 0 Å². The Hall–Kier alpha value is -2.96. The number of amides is 2. The predicted octanol–water partition coefficient (Wildman–Crippen LogP) is 1.87. The van der Waals surface area contributed by atoms with Gasteiger partial charge in [0.25, 0.3) is 0 Å². The first-order valence-electron chi connectivity index (χ1n) is 9.27. The summed E-state index contributed by atoms with van der Waals surface area (Å²) in [5.41, 5.74) is 1.01. The topological polar surface area (TPSA) is 97.1 Å². The van der Waals surface area contributed by atoms with Gasteiger partial charge >= 0.3 is 11.8 Å². The SMILES string of the molecule is O=C(Cc1noc(C(=O)NC[C@@H]2C[C@@H]3C=C[C@H]2C3)n1)NCc1ccccc1. The average Bonchev–Trinajstić information content (AvgIpc) is 3.42. The minimum Gasteiger partial charge on any atom is -0.352 e. The average molecular weight is 366 g/mol. The molecule has 7 heteroatoms. The van der Waals surface area contributed by atoms with Gasteiger partial charge in [-0.3, -0.25) is 9.59 Å². The number of hydrogen-bond acceptors (Lipinski definition) is 5. The van der Waals surface area contributed by atoms with Gasteiger partial charge in [-0.2, -0.15) is 4.98 Å². The molecule has 0 spiro atoms. The lowest BCUT2D eigenvalue weighted by molar-refractivity contribution is -0.120. The van der Waals surface area contributed by atoms with Crippen molar-refractivity contribution in [2.24, 2.45) is 17.8 Å². The maximum absolute atomic E-state index is 12.2. The molecule has 2 N–H and O–H groups in total. The predicted molar refractivity (Wildman–Crippen MR) is 97.5 cm³/mol. The summed E-state index contributed by atoms with van der Waals surface area (Å²) < 4.78 is 5.00. The molecule has 2 aliphatic carbocycles. The van der Waals surface area contributed by atoms with Crippen molar-refractivity contribution >= 4 is 11.8 Å². The number of fused-ring (bicyclic) bond motifs is 2.